The summed E-state index contributed by atoms with van der Waals surface area (Å²) in [5.41, 5.74) is 3.41. The summed E-state index contributed by atoms with van der Waals surface area (Å²) in [6.45, 7) is 5.87. The Hall–Kier alpha value is -2.73. The average molecular weight is 367 g/mol. The van der Waals surface area contributed by atoms with Crippen molar-refractivity contribution < 1.29 is 9.59 Å². The Labute approximate surface area is 156 Å². The first-order chi connectivity index (χ1) is 12.4. The second kappa shape index (κ2) is 7.66. The van der Waals surface area contributed by atoms with Crippen LogP contribution in [-0.4, -0.2) is 21.5 Å². The molecule has 0 bridgehead atoms. The molecule has 0 saturated carbocycles. The number of carbonyl (C=O) groups excluding carboxylic acids is 2. The molecule has 2 aromatic heterocycles. The van der Waals surface area contributed by atoms with Crippen LogP contribution in [0.1, 0.15) is 38.8 Å². The van der Waals surface area contributed by atoms with Crippen molar-refractivity contribution >= 4 is 28.7 Å². The first-order valence-electron chi connectivity index (χ1n) is 8.46. The molecule has 134 valence electrons. The van der Waals surface area contributed by atoms with E-state index in [1.807, 2.05) is 67.9 Å². The fourth-order valence-corrected chi connectivity index (χ4v) is 3.62. The van der Waals surface area contributed by atoms with E-state index >= 15 is 0 Å². The fraction of sp³-hybridized carbons (Fsp3) is 0.250. The molecule has 0 unspecified atom stereocenters. The summed E-state index contributed by atoms with van der Waals surface area (Å²) in [4.78, 5) is 26.3. The number of nitrogens with zero attached hydrogens (tertiary/aromatic N) is 2. The Bertz CT molecular complexity index is 956. The smallest absolute Gasteiger partial charge is 0.224 e. The predicted molar refractivity (Wildman–Crippen MR) is 104 cm³/mol. The molecule has 0 spiro atoms. The predicted octanol–water partition coefficient (Wildman–Crippen LogP) is 4.46. The van der Waals surface area contributed by atoms with Gasteiger partial charge in [0, 0.05) is 23.4 Å². The lowest BCUT2D eigenvalue weighted by Crippen LogP contribution is -2.15. The van der Waals surface area contributed by atoms with Crippen LogP contribution in [0.3, 0.4) is 0 Å². The van der Waals surface area contributed by atoms with Gasteiger partial charge in [0.2, 0.25) is 5.91 Å². The van der Waals surface area contributed by atoms with Crippen LogP contribution < -0.4 is 5.32 Å². The summed E-state index contributed by atoms with van der Waals surface area (Å²) in [6, 6.07) is 13.2. The van der Waals surface area contributed by atoms with E-state index in [1.54, 1.807) is 0 Å². The van der Waals surface area contributed by atoms with Crippen molar-refractivity contribution in [1.82, 2.24) is 9.78 Å². The molecule has 0 aliphatic heterocycles. The molecule has 26 heavy (non-hydrogen) atoms. The van der Waals surface area contributed by atoms with Gasteiger partial charge >= 0.3 is 0 Å². The third-order valence-corrected chi connectivity index (χ3v) is 5.05. The largest absolute Gasteiger partial charge is 0.324 e. The summed E-state index contributed by atoms with van der Waals surface area (Å²) in [6.07, 6.45) is 0.356. The number of para-hydroxylation sites is 2. The van der Waals surface area contributed by atoms with Crippen molar-refractivity contribution in [2.75, 3.05) is 5.32 Å². The summed E-state index contributed by atoms with van der Waals surface area (Å²) in [7, 11) is 0. The van der Waals surface area contributed by atoms with Crippen LogP contribution in [0.2, 0.25) is 0 Å². The fourth-order valence-electron chi connectivity index (χ4n) is 2.78. The maximum Gasteiger partial charge on any atom is 0.224 e. The van der Waals surface area contributed by atoms with Gasteiger partial charge in [-0.15, -0.1) is 11.3 Å². The van der Waals surface area contributed by atoms with Gasteiger partial charge in [0.1, 0.15) is 0 Å². The lowest BCUT2D eigenvalue weighted by atomic mass is 10.2. The summed E-state index contributed by atoms with van der Waals surface area (Å²) in [5.74, 6) is -0.175. The van der Waals surface area contributed by atoms with Crippen molar-refractivity contribution in [2.24, 2.45) is 0 Å². The van der Waals surface area contributed by atoms with Gasteiger partial charge in [-0.25, -0.2) is 4.68 Å². The number of Topliss-reactive ketones (excluding diaryl/α,β-unsaturated/α-hetero) is 1. The van der Waals surface area contributed by atoms with E-state index in [1.165, 1.54) is 11.3 Å². The number of thiophene rings is 1. The highest BCUT2D eigenvalue weighted by molar-refractivity contribution is 7.14. The zero-order valence-corrected chi connectivity index (χ0v) is 15.9. The molecule has 3 rings (SSSR count). The number of rotatable bonds is 6. The van der Waals surface area contributed by atoms with Gasteiger partial charge in [-0.05, 0) is 51.1 Å². The number of hydrogen-bond donors (Lipinski definition) is 1. The molecule has 1 N–H and O–H groups in total. The number of amides is 1. The zero-order chi connectivity index (χ0) is 18.7. The number of benzene rings is 1. The number of nitrogens with one attached hydrogen (secondary N) is 1. The number of aryl methyl sites for hydroxylation is 3. The Morgan fingerprint density at radius 3 is 2.50 bits per heavy atom. The Morgan fingerprint density at radius 1 is 1.08 bits per heavy atom. The topological polar surface area (TPSA) is 64.0 Å². The highest BCUT2D eigenvalue weighted by atomic mass is 32.1. The quantitative estimate of drug-likeness (QED) is 0.654. The number of carbonyl (C=O) groups is 2. The number of hydrogen-bond acceptors (Lipinski definition) is 4. The molecule has 1 amide bonds. The zero-order valence-electron chi connectivity index (χ0n) is 15.1. The lowest BCUT2D eigenvalue weighted by molar-refractivity contribution is -0.116. The molecule has 0 atom stereocenters. The van der Waals surface area contributed by atoms with E-state index in [9.17, 15) is 9.59 Å². The van der Waals surface area contributed by atoms with Crippen LogP contribution in [0.4, 0.5) is 5.69 Å². The third kappa shape index (κ3) is 4.08. The third-order valence-electron chi connectivity index (χ3n) is 4.01. The van der Waals surface area contributed by atoms with E-state index in [0.717, 1.165) is 22.0 Å². The summed E-state index contributed by atoms with van der Waals surface area (Å²) < 4.78 is 1.81. The molecule has 0 aliphatic carbocycles. The molecule has 1 aromatic carbocycles. The molecule has 2 heterocycles. The SMILES string of the molecule is Cc1cc(C)n(-c2ccccc2NC(=O)CCC(=O)c2ccc(C)s2)n1. The van der Waals surface area contributed by atoms with Crippen LogP contribution >= 0.6 is 11.3 Å². The molecular formula is C20H21N3O2S. The van der Waals surface area contributed by atoms with E-state index in [4.69, 9.17) is 0 Å². The molecular weight excluding hydrogens is 346 g/mol. The number of ketones is 1. The van der Waals surface area contributed by atoms with Crippen molar-refractivity contribution in [3.8, 4) is 5.69 Å². The minimum absolute atomic E-state index is 0.00470. The first kappa shape index (κ1) is 18.1. The second-order valence-corrected chi connectivity index (χ2v) is 7.53. The van der Waals surface area contributed by atoms with Gasteiger partial charge in [0.15, 0.2) is 5.78 Å². The minimum Gasteiger partial charge on any atom is -0.324 e. The van der Waals surface area contributed by atoms with Gasteiger partial charge in [0.25, 0.3) is 0 Å². The molecule has 0 radical (unpaired) electrons. The second-order valence-electron chi connectivity index (χ2n) is 6.24. The lowest BCUT2D eigenvalue weighted by Gasteiger charge is -2.12. The number of anilines is 1. The maximum atomic E-state index is 12.3. The summed E-state index contributed by atoms with van der Waals surface area (Å²) in [5, 5.41) is 7.39. The van der Waals surface area contributed by atoms with Gasteiger partial charge in [-0.3, -0.25) is 9.59 Å². The Morgan fingerprint density at radius 2 is 1.85 bits per heavy atom. The van der Waals surface area contributed by atoms with E-state index in [-0.39, 0.29) is 24.5 Å². The van der Waals surface area contributed by atoms with Crippen molar-refractivity contribution in [3.05, 3.63) is 63.6 Å². The van der Waals surface area contributed by atoms with Gasteiger partial charge in [0.05, 0.1) is 21.9 Å². The standard InChI is InChI=1S/C20H21N3O2S/c1-13-12-14(2)23(22-13)17-7-5-4-6-16(17)21-20(25)11-9-18(24)19-10-8-15(3)26-19/h4-8,10,12H,9,11H2,1-3H3,(H,21,25). The average Bonchev–Trinajstić information content (AvgIpc) is 3.18. The summed E-state index contributed by atoms with van der Waals surface area (Å²) >= 11 is 1.46. The van der Waals surface area contributed by atoms with Crippen LogP contribution in [0.5, 0.6) is 0 Å². The van der Waals surface area contributed by atoms with Gasteiger partial charge in [-0.1, -0.05) is 12.1 Å². The van der Waals surface area contributed by atoms with Crippen LogP contribution in [0, 0.1) is 20.8 Å². The monoisotopic (exact) mass is 367 g/mol. The van der Waals surface area contributed by atoms with E-state index in [0.29, 0.717) is 10.6 Å². The first-order valence-corrected chi connectivity index (χ1v) is 9.28. The van der Waals surface area contributed by atoms with Crippen LogP contribution in [0.25, 0.3) is 5.69 Å². The van der Waals surface area contributed by atoms with Crippen molar-refractivity contribution in [2.45, 2.75) is 33.6 Å². The molecule has 0 aliphatic rings. The maximum absolute atomic E-state index is 12.3. The number of aromatic nitrogens is 2. The van der Waals surface area contributed by atoms with Crippen molar-refractivity contribution in [1.29, 1.82) is 0 Å². The highest BCUT2D eigenvalue weighted by Crippen LogP contribution is 2.22. The minimum atomic E-state index is -0.180. The Kier molecular flexibility index (Phi) is 5.32. The molecule has 0 fully saturated rings. The molecule has 0 saturated heterocycles. The van der Waals surface area contributed by atoms with Gasteiger partial charge in [-0.2, -0.15) is 5.10 Å². The molecule has 6 heteroatoms. The van der Waals surface area contributed by atoms with E-state index < -0.39 is 0 Å². The normalized spacial score (nSPS) is 10.7. The molecule has 5 nitrogen and oxygen atoms in total. The van der Waals surface area contributed by atoms with Crippen LogP contribution in [0.15, 0.2) is 42.5 Å². The Balaban J connectivity index is 1.68. The molecule has 3 aromatic rings. The van der Waals surface area contributed by atoms with Crippen LogP contribution in [-0.2, 0) is 4.79 Å². The van der Waals surface area contributed by atoms with Gasteiger partial charge < -0.3 is 5.32 Å². The highest BCUT2D eigenvalue weighted by Gasteiger charge is 2.14. The van der Waals surface area contributed by atoms with E-state index in [2.05, 4.69) is 10.4 Å². The van der Waals surface area contributed by atoms with Crippen molar-refractivity contribution in [3.63, 3.8) is 0 Å².